The van der Waals surface area contributed by atoms with Crippen molar-refractivity contribution in [2.24, 2.45) is 0 Å². The van der Waals surface area contributed by atoms with Gasteiger partial charge in [0, 0.05) is 17.5 Å². The molecule has 1 aliphatic carbocycles. The number of amides is 2. The molecular formula is C41H32F6N4O2. The fourth-order valence-corrected chi connectivity index (χ4v) is 7.29. The lowest BCUT2D eigenvalue weighted by atomic mass is 9.73. The van der Waals surface area contributed by atoms with E-state index in [0.717, 1.165) is 28.8 Å². The summed E-state index contributed by atoms with van der Waals surface area (Å²) in [5.74, 6) is -1.15. The smallest absolute Gasteiger partial charge is 0.346 e. The zero-order valence-corrected chi connectivity index (χ0v) is 28.1. The molecular weight excluding hydrogens is 694 g/mol. The van der Waals surface area contributed by atoms with Crippen molar-refractivity contribution in [2.75, 3.05) is 11.9 Å². The summed E-state index contributed by atoms with van der Waals surface area (Å²) in [6, 6.07) is 31.3. The molecule has 0 atom stereocenters. The molecule has 7 rings (SSSR count). The maximum atomic E-state index is 13.8. The minimum Gasteiger partial charge on any atom is -0.346 e. The van der Waals surface area contributed by atoms with Crippen molar-refractivity contribution in [2.45, 2.75) is 43.6 Å². The largest absolute Gasteiger partial charge is 0.416 e. The monoisotopic (exact) mass is 726 g/mol. The Labute approximate surface area is 300 Å². The van der Waals surface area contributed by atoms with Crippen LogP contribution >= 0.6 is 0 Å². The SMILES string of the molecule is O=C(Nc1cccc2c1cnn2CCCCC1(C(=O)NCC(F)(F)F)c2ccccc2-c2ccccc21)c1ccccc1-c1ccc(C(F)(F)F)cc1. The second-order valence-electron chi connectivity index (χ2n) is 12.9. The number of hydrogen-bond acceptors (Lipinski definition) is 3. The van der Waals surface area contributed by atoms with Crippen LogP contribution in [0, 0.1) is 0 Å². The summed E-state index contributed by atoms with van der Waals surface area (Å²) in [7, 11) is 0. The number of nitrogens with one attached hydrogen (secondary N) is 2. The number of carbonyl (C=O) groups is 2. The third-order valence-electron chi connectivity index (χ3n) is 9.70. The van der Waals surface area contributed by atoms with Crippen molar-refractivity contribution in [3.05, 3.63) is 144 Å². The van der Waals surface area contributed by atoms with E-state index >= 15 is 0 Å². The Morgan fingerprint density at radius 3 is 1.96 bits per heavy atom. The second-order valence-corrected chi connectivity index (χ2v) is 12.9. The maximum absolute atomic E-state index is 13.8. The van der Waals surface area contributed by atoms with Gasteiger partial charge in [0.05, 0.1) is 23.0 Å². The highest BCUT2D eigenvalue weighted by Crippen LogP contribution is 2.51. The van der Waals surface area contributed by atoms with Gasteiger partial charge in [-0.1, -0.05) is 84.9 Å². The van der Waals surface area contributed by atoms with Gasteiger partial charge in [0.2, 0.25) is 5.91 Å². The van der Waals surface area contributed by atoms with Gasteiger partial charge >= 0.3 is 12.4 Å². The molecule has 5 aromatic carbocycles. The summed E-state index contributed by atoms with van der Waals surface area (Å²) < 4.78 is 80.9. The van der Waals surface area contributed by atoms with E-state index in [4.69, 9.17) is 0 Å². The number of aryl methyl sites for hydroxylation is 1. The Kier molecular flexibility index (Phi) is 9.31. The topological polar surface area (TPSA) is 76.0 Å². The normalized spacial score (nSPS) is 13.4. The maximum Gasteiger partial charge on any atom is 0.416 e. The van der Waals surface area contributed by atoms with Crippen molar-refractivity contribution >= 4 is 28.4 Å². The first-order valence-corrected chi connectivity index (χ1v) is 16.9. The van der Waals surface area contributed by atoms with E-state index in [9.17, 15) is 35.9 Å². The van der Waals surface area contributed by atoms with Crippen LogP contribution in [0.4, 0.5) is 32.0 Å². The third kappa shape index (κ3) is 6.88. The molecule has 0 bridgehead atoms. The fraction of sp³-hybridized carbons (Fsp3) is 0.195. The minimum atomic E-state index is -4.57. The average molecular weight is 727 g/mol. The van der Waals surface area contributed by atoms with Crippen LogP contribution < -0.4 is 10.6 Å². The lowest BCUT2D eigenvalue weighted by Crippen LogP contribution is -2.47. The number of halogens is 6. The highest BCUT2D eigenvalue weighted by atomic mass is 19.4. The van der Waals surface area contributed by atoms with Gasteiger partial charge in [-0.2, -0.15) is 31.4 Å². The lowest BCUT2D eigenvalue weighted by Gasteiger charge is -2.31. The number of anilines is 1. The van der Waals surface area contributed by atoms with Crippen molar-refractivity contribution in [3.63, 3.8) is 0 Å². The Bertz CT molecular complexity index is 2270. The molecule has 53 heavy (non-hydrogen) atoms. The zero-order valence-electron chi connectivity index (χ0n) is 28.1. The molecule has 270 valence electrons. The Morgan fingerprint density at radius 2 is 1.32 bits per heavy atom. The molecule has 1 aromatic heterocycles. The first kappa shape index (κ1) is 35.5. The Morgan fingerprint density at radius 1 is 0.698 bits per heavy atom. The van der Waals surface area contributed by atoms with E-state index in [0.29, 0.717) is 52.7 Å². The van der Waals surface area contributed by atoms with Gasteiger partial charge in [-0.15, -0.1) is 0 Å². The molecule has 0 spiro atoms. The highest BCUT2D eigenvalue weighted by Gasteiger charge is 2.49. The van der Waals surface area contributed by atoms with E-state index in [-0.39, 0.29) is 12.0 Å². The summed E-state index contributed by atoms with van der Waals surface area (Å²) in [5, 5.41) is 10.3. The van der Waals surface area contributed by atoms with Crippen LogP contribution in [0.2, 0.25) is 0 Å². The van der Waals surface area contributed by atoms with E-state index in [1.165, 1.54) is 12.1 Å². The molecule has 6 nitrogen and oxygen atoms in total. The first-order valence-electron chi connectivity index (χ1n) is 16.9. The molecule has 0 saturated heterocycles. The van der Waals surface area contributed by atoms with Crippen LogP contribution in [-0.4, -0.2) is 34.3 Å². The molecule has 1 heterocycles. The quantitative estimate of drug-likeness (QED) is 0.109. The second kappa shape index (κ2) is 13.9. The molecule has 2 N–H and O–H groups in total. The van der Waals surface area contributed by atoms with Crippen molar-refractivity contribution in [3.8, 4) is 22.3 Å². The van der Waals surface area contributed by atoms with E-state index in [1.807, 2.05) is 30.3 Å². The summed E-state index contributed by atoms with van der Waals surface area (Å²) in [4.78, 5) is 27.4. The van der Waals surface area contributed by atoms with Crippen LogP contribution in [0.1, 0.15) is 46.3 Å². The molecule has 0 aliphatic heterocycles. The number of carbonyl (C=O) groups excluding carboxylic acids is 2. The molecule has 0 saturated carbocycles. The van der Waals surface area contributed by atoms with Gasteiger partial charge in [0.25, 0.3) is 5.91 Å². The lowest BCUT2D eigenvalue weighted by molar-refractivity contribution is -0.141. The number of unbranched alkanes of at least 4 members (excludes halogenated alkanes) is 1. The van der Waals surface area contributed by atoms with E-state index < -0.39 is 41.7 Å². The van der Waals surface area contributed by atoms with Crippen LogP contribution in [0.25, 0.3) is 33.2 Å². The summed E-state index contributed by atoms with van der Waals surface area (Å²) in [6.45, 7) is -1.00. The molecule has 6 aromatic rings. The molecule has 0 fully saturated rings. The van der Waals surface area contributed by atoms with Gasteiger partial charge in [0.1, 0.15) is 12.0 Å². The summed E-state index contributed by atoms with van der Waals surface area (Å²) >= 11 is 0. The Hall–Kier alpha value is -5.91. The predicted octanol–water partition coefficient (Wildman–Crippen LogP) is 9.79. The van der Waals surface area contributed by atoms with E-state index in [1.54, 1.807) is 71.5 Å². The van der Waals surface area contributed by atoms with Gasteiger partial charge < -0.3 is 10.6 Å². The van der Waals surface area contributed by atoms with Crippen LogP contribution in [0.3, 0.4) is 0 Å². The van der Waals surface area contributed by atoms with Crippen LogP contribution in [0.5, 0.6) is 0 Å². The number of alkyl halides is 6. The average Bonchev–Trinajstić information content (AvgIpc) is 3.70. The number of fused-ring (bicyclic) bond motifs is 4. The standard InChI is InChI=1S/C41H32F6N4O2/c42-40(43,44)25-48-38(53)39(33-14-5-3-11-29(33)30-12-4-6-15-34(30)39)22-7-8-23-51-36-17-9-16-35(32(36)24-49-51)50-37(52)31-13-2-1-10-28(31)26-18-20-27(21-19-26)41(45,46)47/h1-6,9-21,24H,7-8,22-23,25H2,(H,48,53)(H,50,52). The number of aromatic nitrogens is 2. The van der Waals surface area contributed by atoms with Crippen LogP contribution in [0.15, 0.2) is 121 Å². The number of nitrogens with zero attached hydrogens (tertiary/aromatic N) is 2. The van der Waals surface area contributed by atoms with E-state index in [2.05, 4.69) is 15.7 Å². The number of rotatable bonds is 10. The summed E-state index contributed by atoms with van der Waals surface area (Å²) in [5.41, 5.74) is 3.31. The first-order chi connectivity index (χ1) is 25.4. The third-order valence-corrected chi connectivity index (χ3v) is 9.70. The van der Waals surface area contributed by atoms with Gasteiger partial charge in [-0.3, -0.25) is 14.3 Å². The van der Waals surface area contributed by atoms with Crippen molar-refractivity contribution in [1.29, 1.82) is 0 Å². The van der Waals surface area contributed by atoms with Gasteiger partial charge in [-0.05, 0) is 83.0 Å². The Balaban J connectivity index is 1.09. The van der Waals surface area contributed by atoms with Crippen molar-refractivity contribution < 1.29 is 35.9 Å². The molecule has 0 radical (unpaired) electrons. The van der Waals surface area contributed by atoms with Crippen molar-refractivity contribution in [1.82, 2.24) is 15.1 Å². The molecule has 1 aliphatic rings. The molecule has 0 unspecified atom stereocenters. The highest BCUT2D eigenvalue weighted by molar-refractivity contribution is 6.12. The zero-order chi connectivity index (χ0) is 37.4. The van der Waals surface area contributed by atoms with Gasteiger partial charge in [-0.25, -0.2) is 0 Å². The number of benzene rings is 5. The minimum absolute atomic E-state index is 0.267. The van der Waals surface area contributed by atoms with Crippen LogP contribution in [-0.2, 0) is 22.9 Å². The number of hydrogen-bond donors (Lipinski definition) is 2. The predicted molar refractivity (Wildman–Crippen MR) is 190 cm³/mol. The van der Waals surface area contributed by atoms with Gasteiger partial charge in [0.15, 0.2) is 0 Å². The summed E-state index contributed by atoms with van der Waals surface area (Å²) in [6.07, 6.45) is -6.12. The molecule has 12 heteroatoms. The molecule has 2 amide bonds. The fourth-order valence-electron chi connectivity index (χ4n) is 7.29.